The predicted molar refractivity (Wildman–Crippen MR) is 77.8 cm³/mol. The molecular formula is C15H17N3O3. The molecule has 0 bridgehead atoms. The van der Waals surface area contributed by atoms with Crippen molar-refractivity contribution in [1.29, 1.82) is 0 Å². The Balaban J connectivity index is 1.77. The molecule has 1 aliphatic rings. The molecule has 0 N–H and O–H groups in total. The van der Waals surface area contributed by atoms with Crippen molar-refractivity contribution < 1.29 is 9.21 Å². The van der Waals surface area contributed by atoms with Crippen LogP contribution in [0.25, 0.3) is 0 Å². The van der Waals surface area contributed by atoms with Crippen LogP contribution in [0.3, 0.4) is 0 Å². The molecule has 3 heterocycles. The average molecular weight is 287 g/mol. The fourth-order valence-electron chi connectivity index (χ4n) is 2.56. The van der Waals surface area contributed by atoms with E-state index in [4.69, 9.17) is 4.42 Å². The minimum absolute atomic E-state index is 0.165. The summed E-state index contributed by atoms with van der Waals surface area (Å²) in [6.45, 7) is 2.19. The fourth-order valence-corrected chi connectivity index (χ4v) is 2.56. The van der Waals surface area contributed by atoms with Crippen molar-refractivity contribution in [2.45, 2.75) is 25.8 Å². The van der Waals surface area contributed by atoms with Crippen LogP contribution >= 0.6 is 0 Å². The quantitative estimate of drug-likeness (QED) is 0.800. The number of piperidine rings is 1. The highest BCUT2D eigenvalue weighted by Gasteiger charge is 2.13. The minimum atomic E-state index is -0.165. The van der Waals surface area contributed by atoms with Gasteiger partial charge in [0.25, 0.3) is 5.56 Å². The van der Waals surface area contributed by atoms with Crippen LogP contribution in [-0.2, 0) is 6.54 Å². The van der Waals surface area contributed by atoms with E-state index in [0.29, 0.717) is 12.0 Å². The maximum atomic E-state index is 12.1. The van der Waals surface area contributed by atoms with Crippen LogP contribution in [0.2, 0.25) is 0 Å². The number of hydrogen-bond donors (Lipinski definition) is 0. The third-order valence-electron chi connectivity index (χ3n) is 3.68. The molecule has 1 fully saturated rings. The summed E-state index contributed by atoms with van der Waals surface area (Å²) in [4.78, 5) is 24.9. The van der Waals surface area contributed by atoms with Crippen LogP contribution in [0.4, 0.5) is 5.69 Å². The van der Waals surface area contributed by atoms with Crippen molar-refractivity contribution in [1.82, 2.24) is 9.78 Å². The van der Waals surface area contributed by atoms with Gasteiger partial charge in [0.05, 0.1) is 11.9 Å². The molecule has 110 valence electrons. The van der Waals surface area contributed by atoms with Gasteiger partial charge < -0.3 is 9.32 Å². The molecule has 3 rings (SSSR count). The lowest BCUT2D eigenvalue weighted by Gasteiger charge is -2.28. The summed E-state index contributed by atoms with van der Waals surface area (Å²) in [6, 6.07) is 4.87. The number of aldehydes is 1. The SMILES string of the molecule is O=Cc1ccc(Cn2ncc(N3CCCCC3)cc2=O)o1. The van der Waals surface area contributed by atoms with E-state index >= 15 is 0 Å². The van der Waals surface area contributed by atoms with Crippen molar-refractivity contribution in [3.05, 3.63) is 46.3 Å². The molecule has 0 unspecified atom stereocenters. The Morgan fingerprint density at radius 2 is 2.05 bits per heavy atom. The van der Waals surface area contributed by atoms with E-state index in [1.807, 2.05) is 0 Å². The van der Waals surface area contributed by atoms with Gasteiger partial charge in [-0.2, -0.15) is 5.10 Å². The monoisotopic (exact) mass is 287 g/mol. The Kier molecular flexibility index (Phi) is 3.85. The van der Waals surface area contributed by atoms with Crippen LogP contribution in [0.1, 0.15) is 35.6 Å². The third-order valence-corrected chi connectivity index (χ3v) is 3.68. The van der Waals surface area contributed by atoms with Crippen molar-refractivity contribution >= 4 is 12.0 Å². The van der Waals surface area contributed by atoms with Crippen molar-refractivity contribution in [2.24, 2.45) is 0 Å². The summed E-state index contributed by atoms with van der Waals surface area (Å²) in [5.41, 5.74) is 0.714. The van der Waals surface area contributed by atoms with Crippen LogP contribution < -0.4 is 10.5 Å². The molecule has 1 saturated heterocycles. The van der Waals surface area contributed by atoms with E-state index in [-0.39, 0.29) is 17.9 Å². The van der Waals surface area contributed by atoms with Crippen molar-refractivity contribution in [3.8, 4) is 0 Å². The van der Waals surface area contributed by atoms with Gasteiger partial charge in [-0.05, 0) is 31.4 Å². The zero-order valence-corrected chi connectivity index (χ0v) is 11.7. The molecule has 0 aliphatic carbocycles. The molecule has 1 aliphatic heterocycles. The minimum Gasteiger partial charge on any atom is -0.456 e. The zero-order valence-electron chi connectivity index (χ0n) is 11.7. The van der Waals surface area contributed by atoms with Gasteiger partial charge in [-0.3, -0.25) is 9.59 Å². The number of aromatic nitrogens is 2. The number of anilines is 1. The fraction of sp³-hybridized carbons (Fsp3) is 0.400. The molecular weight excluding hydrogens is 270 g/mol. The molecule has 0 saturated carbocycles. The van der Waals surface area contributed by atoms with Crippen molar-refractivity contribution in [2.75, 3.05) is 18.0 Å². The Morgan fingerprint density at radius 3 is 2.71 bits per heavy atom. The largest absolute Gasteiger partial charge is 0.456 e. The summed E-state index contributed by atoms with van der Waals surface area (Å²) in [5, 5.41) is 4.20. The van der Waals surface area contributed by atoms with E-state index in [9.17, 15) is 9.59 Å². The second kappa shape index (κ2) is 5.95. The molecule has 0 aromatic carbocycles. The Labute approximate surface area is 122 Å². The van der Waals surface area contributed by atoms with Gasteiger partial charge in [0.15, 0.2) is 12.0 Å². The zero-order chi connectivity index (χ0) is 14.7. The highest BCUT2D eigenvalue weighted by atomic mass is 16.3. The van der Waals surface area contributed by atoms with Gasteiger partial charge in [-0.25, -0.2) is 4.68 Å². The number of hydrogen-bond acceptors (Lipinski definition) is 5. The van der Waals surface area contributed by atoms with Gasteiger partial charge in [0.2, 0.25) is 0 Å². The summed E-state index contributed by atoms with van der Waals surface area (Å²) in [5.74, 6) is 0.792. The summed E-state index contributed by atoms with van der Waals surface area (Å²) in [6.07, 6.45) is 5.92. The van der Waals surface area contributed by atoms with E-state index in [1.54, 1.807) is 24.4 Å². The van der Waals surface area contributed by atoms with Gasteiger partial charge in [-0.1, -0.05) is 0 Å². The van der Waals surface area contributed by atoms with Gasteiger partial charge >= 0.3 is 0 Å². The number of rotatable bonds is 4. The van der Waals surface area contributed by atoms with Crippen LogP contribution in [0.5, 0.6) is 0 Å². The lowest BCUT2D eigenvalue weighted by atomic mass is 10.1. The first-order chi connectivity index (χ1) is 10.3. The first-order valence-electron chi connectivity index (χ1n) is 7.12. The molecule has 6 heteroatoms. The molecule has 0 amide bonds. The lowest BCUT2D eigenvalue weighted by Crippen LogP contribution is -2.32. The molecule has 2 aromatic rings. The van der Waals surface area contributed by atoms with Gasteiger partial charge in [0.1, 0.15) is 12.3 Å². The van der Waals surface area contributed by atoms with Crippen LogP contribution in [0.15, 0.2) is 33.6 Å². The molecule has 0 atom stereocenters. The Hall–Kier alpha value is -2.37. The lowest BCUT2D eigenvalue weighted by molar-refractivity contribution is 0.109. The maximum absolute atomic E-state index is 12.1. The molecule has 6 nitrogen and oxygen atoms in total. The van der Waals surface area contributed by atoms with E-state index in [1.165, 1.54) is 11.1 Å². The standard InChI is InChI=1S/C15H17N3O3/c19-11-14-5-4-13(21-14)10-18-15(20)8-12(9-16-18)17-6-2-1-3-7-17/h4-5,8-9,11H,1-3,6-7,10H2. The average Bonchev–Trinajstić information content (AvgIpc) is 2.98. The first-order valence-corrected chi connectivity index (χ1v) is 7.12. The van der Waals surface area contributed by atoms with E-state index in [2.05, 4.69) is 10.00 Å². The highest BCUT2D eigenvalue weighted by Crippen LogP contribution is 2.17. The highest BCUT2D eigenvalue weighted by molar-refractivity contribution is 5.70. The second-order valence-corrected chi connectivity index (χ2v) is 5.18. The number of furan rings is 1. The predicted octanol–water partition coefficient (Wildman–Crippen LogP) is 1.69. The summed E-state index contributed by atoms with van der Waals surface area (Å²) in [7, 11) is 0. The molecule has 0 radical (unpaired) electrons. The Bertz CT molecular complexity index is 683. The maximum Gasteiger partial charge on any atom is 0.269 e. The van der Waals surface area contributed by atoms with E-state index in [0.717, 1.165) is 31.6 Å². The van der Waals surface area contributed by atoms with Crippen LogP contribution in [0, 0.1) is 0 Å². The topological polar surface area (TPSA) is 68.3 Å². The van der Waals surface area contributed by atoms with Crippen LogP contribution in [-0.4, -0.2) is 29.2 Å². The Morgan fingerprint density at radius 1 is 1.24 bits per heavy atom. The molecule has 21 heavy (non-hydrogen) atoms. The number of carbonyl (C=O) groups excluding carboxylic acids is 1. The second-order valence-electron chi connectivity index (χ2n) is 5.18. The van der Waals surface area contributed by atoms with Gasteiger partial charge in [0, 0.05) is 19.2 Å². The number of carbonyl (C=O) groups is 1. The summed E-state index contributed by atoms with van der Waals surface area (Å²) >= 11 is 0. The molecule has 0 spiro atoms. The summed E-state index contributed by atoms with van der Waals surface area (Å²) < 4.78 is 6.59. The van der Waals surface area contributed by atoms with E-state index < -0.39 is 0 Å². The normalized spacial score (nSPS) is 15.1. The first kappa shape index (κ1) is 13.6. The van der Waals surface area contributed by atoms with Gasteiger partial charge in [-0.15, -0.1) is 0 Å². The third kappa shape index (κ3) is 3.04. The number of nitrogens with zero attached hydrogens (tertiary/aromatic N) is 3. The smallest absolute Gasteiger partial charge is 0.269 e. The van der Waals surface area contributed by atoms with Crippen molar-refractivity contribution in [3.63, 3.8) is 0 Å². The molecule has 2 aromatic heterocycles.